The summed E-state index contributed by atoms with van der Waals surface area (Å²) in [5.41, 5.74) is 12.3. The lowest BCUT2D eigenvalue weighted by Gasteiger charge is -2.26. The van der Waals surface area contributed by atoms with Crippen LogP contribution in [0.4, 0.5) is 0 Å². The molecule has 15 rings (SSSR count). The first-order valence-corrected chi connectivity index (χ1v) is 36.9. The number of rotatable bonds is 17. The lowest BCUT2D eigenvalue weighted by atomic mass is 10.0. The Balaban J connectivity index is 0.000000146. The molecule has 9 aromatic rings. The summed E-state index contributed by atoms with van der Waals surface area (Å²) in [7, 11) is 10.2. The van der Waals surface area contributed by atoms with Crippen LogP contribution in [0.15, 0.2) is 123 Å². The molecule has 0 bridgehead atoms. The van der Waals surface area contributed by atoms with Gasteiger partial charge in [-0.15, -0.1) is 0 Å². The molecule has 6 atom stereocenters. The van der Waals surface area contributed by atoms with Crippen molar-refractivity contribution in [1.29, 1.82) is 15.8 Å². The van der Waals surface area contributed by atoms with Gasteiger partial charge in [0.15, 0.2) is 0 Å². The van der Waals surface area contributed by atoms with Gasteiger partial charge in [0.05, 0.1) is 58.5 Å². The number of halogens is 1. The number of aromatic nitrogens is 6. The van der Waals surface area contributed by atoms with Crippen LogP contribution in [0, 0.1) is 51.7 Å². The molecule has 3 aliphatic carbocycles. The van der Waals surface area contributed by atoms with Gasteiger partial charge in [0.1, 0.15) is 48.5 Å². The molecule has 1 N–H and O–H groups in total. The van der Waals surface area contributed by atoms with E-state index in [0.717, 1.165) is 50.9 Å². The average molecular weight is 1540 g/mol. The number of hydrogen-bond donors (Lipinski definition) is 1. The highest BCUT2D eigenvalue weighted by Gasteiger charge is 2.49. The van der Waals surface area contributed by atoms with E-state index in [1.807, 2.05) is 96.1 Å². The monoisotopic (exact) mass is 1540 g/mol. The first-order chi connectivity index (χ1) is 52.2. The van der Waals surface area contributed by atoms with Gasteiger partial charge in [0, 0.05) is 94.9 Å². The summed E-state index contributed by atoms with van der Waals surface area (Å²) in [4.78, 5) is 94.0. The topological polar surface area (TPSA) is 346 Å². The summed E-state index contributed by atoms with van der Waals surface area (Å²) in [6, 6.07) is 39.8. The largest absolute Gasteiger partial charge is 0.490 e. The fourth-order valence-corrected chi connectivity index (χ4v) is 15.2. The molecule has 3 saturated heterocycles. The van der Waals surface area contributed by atoms with E-state index in [0.29, 0.717) is 123 Å². The molecule has 3 aromatic heterocycles. The van der Waals surface area contributed by atoms with Gasteiger partial charge >= 0.3 is 0 Å². The lowest BCUT2D eigenvalue weighted by Crippen LogP contribution is -2.38. The minimum absolute atomic E-state index is 0.0105. The number of nitriles is 3. The maximum Gasteiger partial charge on any atom is 0.258 e. The van der Waals surface area contributed by atoms with Gasteiger partial charge in [-0.1, -0.05) is 86.0 Å². The number of alkyl halides is 1. The Labute approximate surface area is 638 Å². The number of ether oxygens (including phenoxy) is 3. The summed E-state index contributed by atoms with van der Waals surface area (Å²) < 4.78 is 33.7. The third kappa shape index (κ3) is 16.3. The van der Waals surface area contributed by atoms with Crippen LogP contribution in [0.25, 0.3) is 68.5 Å². The third-order valence-corrected chi connectivity index (χ3v) is 20.2. The lowest BCUT2D eigenvalue weighted by molar-refractivity contribution is -0.138. The van der Waals surface area contributed by atoms with Crippen LogP contribution < -0.4 is 19.5 Å². The Morgan fingerprint density at radius 2 is 0.826 bits per heavy atom. The van der Waals surface area contributed by atoms with Gasteiger partial charge in [0.2, 0.25) is 52.9 Å². The van der Waals surface area contributed by atoms with Crippen LogP contribution in [-0.2, 0) is 48.0 Å². The SMILES string of the molecule is CC(C)Oc1ccc(-c2nc(-c3cccc4c3CC3CC(=O)N(CC(=O)N(C)C)C43)no2)cc1C#N.CC(C)Oc1ccc(-c2nc(-c3cccc4c3CC3CC(=O)N(CC(=O)N(C)C)C43)no2)cc1C#N.CC(C)Oc1ccc(-c2nc(-c3cccc4c3CC3CC(=O)NC43)no2)cc1C#N.CN(C)C(=O)CBr. The predicted octanol–water partition coefficient (Wildman–Crippen LogP) is 11.5. The Morgan fingerprint density at radius 3 is 1.15 bits per heavy atom. The normalized spacial score (nSPS) is 17.9. The predicted molar refractivity (Wildman–Crippen MR) is 402 cm³/mol. The van der Waals surface area contributed by atoms with Gasteiger partial charge in [-0.25, -0.2) is 0 Å². The Morgan fingerprint density at radius 1 is 0.486 bits per heavy atom. The average Bonchev–Trinajstić information content (AvgIpc) is 1.59. The van der Waals surface area contributed by atoms with Gasteiger partial charge in [0.25, 0.3) is 17.7 Å². The Bertz CT molecular complexity index is 4920. The van der Waals surface area contributed by atoms with Crippen molar-refractivity contribution >= 4 is 51.4 Å². The highest BCUT2D eigenvalue weighted by atomic mass is 79.9. The molecular formula is C81H82BrN15O12. The molecule has 3 aliphatic heterocycles. The second kappa shape index (κ2) is 32.6. The van der Waals surface area contributed by atoms with Crippen LogP contribution in [0.1, 0.15) is 129 Å². The molecule has 6 heterocycles. The molecule has 109 heavy (non-hydrogen) atoms. The van der Waals surface area contributed by atoms with Crippen molar-refractivity contribution < 1.29 is 56.5 Å². The number of amides is 6. The summed E-state index contributed by atoms with van der Waals surface area (Å²) in [6.07, 6.45) is 3.49. The number of likely N-dealkylation sites (N-methyl/N-ethyl adjacent to an activating group) is 2. The van der Waals surface area contributed by atoms with E-state index in [-0.39, 0.29) is 103 Å². The van der Waals surface area contributed by atoms with Crippen molar-refractivity contribution in [2.24, 2.45) is 17.8 Å². The number of carbonyl (C=O) groups excluding carboxylic acids is 6. The minimum atomic E-state index is -0.130. The van der Waals surface area contributed by atoms with Crippen LogP contribution >= 0.6 is 15.9 Å². The van der Waals surface area contributed by atoms with E-state index in [4.69, 9.17) is 27.8 Å². The van der Waals surface area contributed by atoms with E-state index in [1.165, 1.54) is 20.3 Å². The van der Waals surface area contributed by atoms with Crippen LogP contribution in [0.3, 0.4) is 0 Å². The van der Waals surface area contributed by atoms with Crippen LogP contribution in [0.2, 0.25) is 0 Å². The minimum Gasteiger partial charge on any atom is -0.490 e. The Hall–Kier alpha value is -12.1. The van der Waals surface area contributed by atoms with E-state index < -0.39 is 0 Å². The zero-order chi connectivity index (χ0) is 77.8. The van der Waals surface area contributed by atoms with Gasteiger partial charge in [-0.05, 0) is 167 Å². The number of hydrogen-bond acceptors (Lipinski definition) is 21. The van der Waals surface area contributed by atoms with Gasteiger partial charge in [-0.2, -0.15) is 30.7 Å². The molecule has 0 radical (unpaired) electrons. The van der Waals surface area contributed by atoms with E-state index >= 15 is 0 Å². The molecular weight excluding hydrogens is 1450 g/mol. The summed E-state index contributed by atoms with van der Waals surface area (Å²) in [5, 5.41) is 44.7. The molecule has 0 saturated carbocycles. The van der Waals surface area contributed by atoms with Gasteiger partial charge < -0.3 is 57.6 Å². The van der Waals surface area contributed by atoms with Crippen molar-refractivity contribution in [3.05, 3.63) is 159 Å². The first kappa shape index (κ1) is 76.6. The highest BCUT2D eigenvalue weighted by Crippen LogP contribution is 2.52. The molecule has 0 spiro atoms. The van der Waals surface area contributed by atoms with Crippen molar-refractivity contribution in [1.82, 2.24) is 60.2 Å². The molecule has 6 amide bonds. The standard InChI is InChI=1S/2C27H27N5O4.C23H20N4O3.C4H8BrNO/c2*1-15(2)35-22-9-8-16(10-18(22)13-28)27-29-26(30-36-27)20-7-5-6-19-21(20)11-17-12-23(33)32(25(17)19)14-24(34)31(3)4;1-12(2)29-19-7-6-13(8-15(19)11-24)23-26-22(27-30-23)17-5-3-4-16-18(17)9-14-10-20(28)25-21(14)16;1-6(2)4(7)3-5/h2*5-10,15,17,25H,11-12,14H2,1-4H3;3-8,12,14,21H,9-10H2,1-2H3,(H,25,28);3H2,1-2H3. The summed E-state index contributed by atoms with van der Waals surface area (Å²) in [6.45, 7) is 11.6. The second-order valence-electron chi connectivity index (χ2n) is 28.8. The number of benzene rings is 6. The highest BCUT2D eigenvalue weighted by molar-refractivity contribution is 9.09. The van der Waals surface area contributed by atoms with Crippen molar-refractivity contribution in [2.45, 2.75) is 117 Å². The zero-order valence-electron chi connectivity index (χ0n) is 62.5. The third-order valence-electron chi connectivity index (χ3n) is 19.7. The molecule has 3 fully saturated rings. The van der Waals surface area contributed by atoms with Crippen molar-refractivity contribution in [3.63, 3.8) is 0 Å². The quantitative estimate of drug-likeness (QED) is 0.0827. The number of fused-ring (bicyclic) bond motifs is 9. The zero-order valence-corrected chi connectivity index (χ0v) is 64.1. The number of nitrogens with one attached hydrogen (secondary N) is 1. The van der Waals surface area contributed by atoms with Crippen molar-refractivity contribution in [2.75, 3.05) is 60.7 Å². The second-order valence-corrected chi connectivity index (χ2v) is 29.4. The molecule has 28 heteroatoms. The molecule has 6 unspecified atom stereocenters. The van der Waals surface area contributed by atoms with Crippen molar-refractivity contribution in [3.8, 4) is 104 Å². The van der Waals surface area contributed by atoms with E-state index in [1.54, 1.807) is 101 Å². The van der Waals surface area contributed by atoms with Gasteiger partial charge in [-0.3, -0.25) is 28.8 Å². The summed E-state index contributed by atoms with van der Waals surface area (Å²) in [5.74, 6) is 4.46. The Kier molecular flexibility index (Phi) is 22.9. The first-order valence-electron chi connectivity index (χ1n) is 35.8. The molecule has 27 nitrogen and oxygen atoms in total. The number of nitrogens with zero attached hydrogens (tertiary/aromatic N) is 14. The van der Waals surface area contributed by atoms with Crippen LogP contribution in [-0.4, -0.2) is 169 Å². The smallest absolute Gasteiger partial charge is 0.258 e. The molecule has 6 aromatic carbocycles. The number of likely N-dealkylation sites (tertiary alicyclic amines) is 2. The van der Waals surface area contributed by atoms with E-state index in [2.05, 4.69) is 75.9 Å². The van der Waals surface area contributed by atoms with E-state index in [9.17, 15) is 44.6 Å². The summed E-state index contributed by atoms with van der Waals surface area (Å²) >= 11 is 3.02. The maximum atomic E-state index is 12.7. The fourth-order valence-electron chi connectivity index (χ4n) is 14.7. The maximum absolute atomic E-state index is 12.7. The fraction of sp³-hybridized carbons (Fsp3) is 0.370. The molecule has 6 aliphatic rings. The number of carbonyl (C=O) groups is 6. The van der Waals surface area contributed by atoms with Crippen LogP contribution in [0.5, 0.6) is 17.2 Å². The molecule has 560 valence electrons.